The van der Waals surface area contributed by atoms with Crippen molar-refractivity contribution in [1.82, 2.24) is 29.5 Å². The maximum Gasteiger partial charge on any atom is 0.252 e. The number of fused-ring (bicyclic) bond motifs is 1. The molecular weight excluding hydrogens is 574 g/mol. The molecule has 1 unspecified atom stereocenters. The first-order valence-corrected chi connectivity index (χ1v) is 16.1. The molecule has 0 bridgehead atoms. The zero-order valence-electron chi connectivity index (χ0n) is 24.2. The first kappa shape index (κ1) is 28.5. The van der Waals surface area contributed by atoms with Crippen LogP contribution in [0.3, 0.4) is 0 Å². The molecule has 11 nitrogen and oxygen atoms in total. The summed E-state index contributed by atoms with van der Waals surface area (Å²) in [6.45, 7) is 12.6. The van der Waals surface area contributed by atoms with Crippen LogP contribution in [-0.2, 0) is 10.0 Å². The molecule has 1 aromatic carbocycles. The van der Waals surface area contributed by atoms with Gasteiger partial charge < -0.3 is 14.4 Å². The largest absolute Gasteiger partial charge is 0.366 e. The van der Waals surface area contributed by atoms with Crippen LogP contribution in [0.2, 0.25) is 0 Å². The number of sulfonamides is 1. The van der Waals surface area contributed by atoms with Gasteiger partial charge in [-0.25, -0.2) is 18.4 Å². The summed E-state index contributed by atoms with van der Waals surface area (Å²) in [6.07, 6.45) is 1.57. The number of benzene rings is 1. The summed E-state index contributed by atoms with van der Waals surface area (Å²) in [5, 5.41) is 12.6. The van der Waals surface area contributed by atoms with E-state index >= 15 is 0 Å². The first-order valence-electron chi connectivity index (χ1n) is 13.8. The molecule has 0 spiro atoms. The van der Waals surface area contributed by atoms with Crippen LogP contribution in [0, 0.1) is 27.7 Å². The molecule has 1 atom stereocenters. The smallest absolute Gasteiger partial charge is 0.252 e. The molecule has 0 saturated carbocycles. The summed E-state index contributed by atoms with van der Waals surface area (Å²) in [7, 11) is -3.59. The second-order valence-electron chi connectivity index (χ2n) is 10.7. The Labute approximate surface area is 248 Å². The lowest BCUT2D eigenvalue weighted by atomic mass is 10.0. The third kappa shape index (κ3) is 5.21. The maximum atomic E-state index is 13.4. The molecule has 1 fully saturated rings. The highest BCUT2D eigenvalue weighted by Crippen LogP contribution is 2.36. The molecule has 220 valence electrons. The zero-order valence-corrected chi connectivity index (χ0v) is 25.8. The van der Waals surface area contributed by atoms with Crippen molar-refractivity contribution in [2.75, 3.05) is 38.0 Å². The number of nitrogens with zero attached hydrogens (tertiary/aromatic N) is 6. The van der Waals surface area contributed by atoms with E-state index in [1.54, 1.807) is 22.8 Å². The first-order chi connectivity index (χ1) is 20.1. The highest BCUT2D eigenvalue weighted by Gasteiger charge is 2.31. The lowest BCUT2D eigenvalue weighted by Gasteiger charge is -2.35. The molecule has 6 rings (SSSR count). The molecule has 13 heteroatoms. The third-order valence-electron chi connectivity index (χ3n) is 7.77. The van der Waals surface area contributed by atoms with E-state index in [2.05, 4.69) is 37.4 Å². The van der Waals surface area contributed by atoms with Gasteiger partial charge in [0.15, 0.2) is 5.76 Å². The Morgan fingerprint density at radius 3 is 2.43 bits per heavy atom. The van der Waals surface area contributed by atoms with Crippen LogP contribution in [0.4, 0.5) is 5.82 Å². The minimum atomic E-state index is -3.59. The van der Waals surface area contributed by atoms with Gasteiger partial charge in [-0.3, -0.25) is 4.90 Å². The average molecular weight is 608 g/mol. The monoisotopic (exact) mass is 607 g/mol. The van der Waals surface area contributed by atoms with Gasteiger partial charge in [0.25, 0.3) is 10.0 Å². The summed E-state index contributed by atoms with van der Waals surface area (Å²) < 4.78 is 39.5. The minimum Gasteiger partial charge on any atom is -0.366 e. The Hall–Kier alpha value is -3.65. The fraction of sp³-hybridized carbons (Fsp3) is 0.379. The van der Waals surface area contributed by atoms with Crippen molar-refractivity contribution in [2.45, 2.75) is 44.9 Å². The zero-order chi connectivity index (χ0) is 29.6. The van der Waals surface area contributed by atoms with E-state index in [-0.39, 0.29) is 6.04 Å². The van der Waals surface area contributed by atoms with Crippen LogP contribution in [-0.4, -0.2) is 76.7 Å². The van der Waals surface area contributed by atoms with E-state index in [1.165, 1.54) is 11.3 Å². The van der Waals surface area contributed by atoms with E-state index in [0.29, 0.717) is 36.1 Å². The van der Waals surface area contributed by atoms with Gasteiger partial charge in [-0.2, -0.15) is 4.31 Å². The lowest BCUT2D eigenvalue weighted by Crippen LogP contribution is -2.50. The SMILES string of the molecule is Cc1noc(-c2ccc(S(=O)(=O)N3CCN(CC(C)Nc4ncnc5c(-c6c(C)noc6C)cccc45)CC3)s2)c1C. The number of nitrogens with one attached hydrogen (secondary N) is 1. The summed E-state index contributed by atoms with van der Waals surface area (Å²) in [4.78, 5) is 12.2. The second-order valence-corrected chi connectivity index (χ2v) is 14.0. The van der Waals surface area contributed by atoms with Crippen molar-refractivity contribution in [3.63, 3.8) is 0 Å². The minimum absolute atomic E-state index is 0.0717. The summed E-state index contributed by atoms with van der Waals surface area (Å²) in [6, 6.07) is 9.55. The van der Waals surface area contributed by atoms with Crippen LogP contribution in [0.1, 0.15) is 29.6 Å². The highest BCUT2D eigenvalue weighted by atomic mass is 32.2. The van der Waals surface area contributed by atoms with Crippen molar-refractivity contribution in [3.05, 3.63) is 59.4 Å². The fourth-order valence-corrected chi connectivity index (χ4v) is 8.36. The molecule has 5 aromatic rings. The third-order valence-corrected chi connectivity index (χ3v) is 11.2. The Bertz CT molecular complexity index is 1830. The molecule has 1 saturated heterocycles. The van der Waals surface area contributed by atoms with Crippen LogP contribution in [0.25, 0.3) is 32.7 Å². The number of hydrogen-bond acceptors (Lipinski definition) is 11. The van der Waals surface area contributed by atoms with Crippen molar-refractivity contribution in [3.8, 4) is 21.8 Å². The van der Waals surface area contributed by atoms with Crippen LogP contribution in [0.15, 0.2) is 49.9 Å². The number of anilines is 1. The number of aromatic nitrogens is 4. The molecular formula is C29H33N7O4S2. The van der Waals surface area contributed by atoms with Gasteiger partial charge in [0, 0.05) is 60.8 Å². The van der Waals surface area contributed by atoms with Gasteiger partial charge in [-0.1, -0.05) is 22.4 Å². The standard InChI is InChI=1S/C29H33N7O4S2/c1-17(32-29-23-8-6-7-22(27(23)30-16-31-29)26-20(4)34-39-21(26)5)15-35-11-13-36(14-12-35)42(37,38)25-10-9-24(41-25)28-18(2)19(3)33-40-28/h6-10,16-17H,11-15H2,1-5H3,(H,30,31,32). The van der Waals surface area contributed by atoms with Gasteiger partial charge in [-0.05, 0) is 52.8 Å². The average Bonchev–Trinajstić information content (AvgIpc) is 3.68. The molecule has 42 heavy (non-hydrogen) atoms. The normalized spacial score (nSPS) is 15.8. The fourth-order valence-electron chi connectivity index (χ4n) is 5.44. The highest BCUT2D eigenvalue weighted by molar-refractivity contribution is 7.91. The molecule has 0 amide bonds. The van der Waals surface area contributed by atoms with Crippen molar-refractivity contribution >= 4 is 38.1 Å². The van der Waals surface area contributed by atoms with E-state index in [4.69, 9.17) is 9.05 Å². The van der Waals surface area contributed by atoms with E-state index in [1.807, 2.05) is 45.9 Å². The van der Waals surface area contributed by atoms with Crippen molar-refractivity contribution in [1.29, 1.82) is 0 Å². The summed E-state index contributed by atoms with van der Waals surface area (Å²) in [5.74, 6) is 2.14. The Kier molecular flexibility index (Phi) is 7.60. The lowest BCUT2D eigenvalue weighted by molar-refractivity contribution is 0.184. The van der Waals surface area contributed by atoms with Gasteiger partial charge in [0.2, 0.25) is 0 Å². The van der Waals surface area contributed by atoms with Crippen molar-refractivity contribution in [2.24, 2.45) is 0 Å². The Morgan fingerprint density at radius 1 is 0.976 bits per heavy atom. The number of para-hydroxylation sites is 1. The predicted octanol–water partition coefficient (Wildman–Crippen LogP) is 5.04. The molecule has 4 aromatic heterocycles. The molecule has 0 aliphatic carbocycles. The Morgan fingerprint density at radius 2 is 1.74 bits per heavy atom. The quantitative estimate of drug-likeness (QED) is 0.256. The number of piperazine rings is 1. The molecule has 1 aliphatic rings. The Balaban J connectivity index is 1.10. The maximum absolute atomic E-state index is 13.4. The molecule has 1 aliphatic heterocycles. The number of rotatable bonds is 8. The topological polar surface area (TPSA) is 130 Å². The van der Waals surface area contributed by atoms with E-state index in [9.17, 15) is 8.42 Å². The van der Waals surface area contributed by atoms with E-state index in [0.717, 1.165) is 62.0 Å². The van der Waals surface area contributed by atoms with E-state index < -0.39 is 10.0 Å². The van der Waals surface area contributed by atoms with Crippen LogP contribution >= 0.6 is 11.3 Å². The molecule has 0 radical (unpaired) electrons. The summed E-state index contributed by atoms with van der Waals surface area (Å²) >= 11 is 1.22. The van der Waals surface area contributed by atoms with Gasteiger partial charge in [0.05, 0.1) is 21.8 Å². The molecule has 5 heterocycles. The van der Waals surface area contributed by atoms with Gasteiger partial charge in [0.1, 0.15) is 22.1 Å². The summed E-state index contributed by atoms with van der Waals surface area (Å²) in [5.41, 5.74) is 5.30. The number of hydrogen-bond donors (Lipinski definition) is 1. The van der Waals surface area contributed by atoms with Crippen LogP contribution < -0.4 is 5.32 Å². The predicted molar refractivity (Wildman–Crippen MR) is 162 cm³/mol. The van der Waals surface area contributed by atoms with Crippen LogP contribution in [0.5, 0.6) is 0 Å². The van der Waals surface area contributed by atoms with Gasteiger partial charge >= 0.3 is 0 Å². The molecule has 1 N–H and O–H groups in total. The number of thiophene rings is 1. The number of aryl methyl sites for hydroxylation is 3. The second kappa shape index (κ2) is 11.2. The van der Waals surface area contributed by atoms with Crippen molar-refractivity contribution < 1.29 is 17.5 Å². The van der Waals surface area contributed by atoms with Gasteiger partial charge in [-0.15, -0.1) is 11.3 Å².